The number of aromatic nitrogens is 1. The van der Waals surface area contributed by atoms with Crippen molar-refractivity contribution < 1.29 is 14.4 Å². The fourth-order valence-electron chi connectivity index (χ4n) is 3.58. The minimum atomic E-state index is -0.608. The second-order valence-corrected chi connectivity index (χ2v) is 6.73. The van der Waals surface area contributed by atoms with Crippen molar-refractivity contribution >= 4 is 17.8 Å². The molecule has 2 heterocycles. The van der Waals surface area contributed by atoms with Crippen molar-refractivity contribution in [3.05, 3.63) is 30.1 Å². The van der Waals surface area contributed by atoms with Gasteiger partial charge in [0.1, 0.15) is 6.04 Å². The molecule has 0 radical (unpaired) electrons. The molecule has 25 heavy (non-hydrogen) atoms. The predicted molar refractivity (Wildman–Crippen MR) is 91.4 cm³/mol. The van der Waals surface area contributed by atoms with E-state index in [9.17, 15) is 14.4 Å². The molecule has 4 amide bonds. The molecule has 1 atom stereocenters. The van der Waals surface area contributed by atoms with Crippen LogP contribution in [0.2, 0.25) is 0 Å². The molecule has 1 aromatic heterocycles. The minimum absolute atomic E-state index is 0.0321. The SMILES string of the molecule is O=C1NC(=O)C(CCC(=O)N(Cc2cccnc2)C2CCCCC2)N1. The average Bonchev–Trinajstić information content (AvgIpc) is 2.96. The molecule has 2 aliphatic rings. The standard InChI is InChI=1S/C18H24N4O3/c23-16(9-8-15-17(24)21-18(25)20-15)22(14-6-2-1-3-7-14)12-13-5-4-10-19-11-13/h4-5,10-11,14-15H,1-3,6-9,12H2,(H2,20,21,24,25). The van der Waals surface area contributed by atoms with E-state index in [0.29, 0.717) is 13.0 Å². The van der Waals surface area contributed by atoms with Crippen molar-refractivity contribution in [2.45, 2.75) is 63.6 Å². The lowest BCUT2D eigenvalue weighted by molar-refractivity contribution is -0.135. The van der Waals surface area contributed by atoms with Gasteiger partial charge in [-0.05, 0) is 30.9 Å². The number of nitrogens with zero attached hydrogens (tertiary/aromatic N) is 2. The van der Waals surface area contributed by atoms with Gasteiger partial charge in [0.05, 0.1) is 0 Å². The summed E-state index contributed by atoms with van der Waals surface area (Å²) < 4.78 is 0. The Bertz CT molecular complexity index is 628. The highest BCUT2D eigenvalue weighted by Crippen LogP contribution is 2.25. The monoisotopic (exact) mass is 344 g/mol. The van der Waals surface area contributed by atoms with Gasteiger partial charge in [-0.15, -0.1) is 0 Å². The molecule has 1 saturated carbocycles. The van der Waals surface area contributed by atoms with Gasteiger partial charge in [-0.25, -0.2) is 4.79 Å². The number of pyridine rings is 1. The van der Waals surface area contributed by atoms with Crippen molar-refractivity contribution in [2.75, 3.05) is 0 Å². The number of imide groups is 1. The summed E-state index contributed by atoms with van der Waals surface area (Å²) in [7, 11) is 0. The first-order chi connectivity index (χ1) is 12.1. The lowest BCUT2D eigenvalue weighted by atomic mass is 9.93. The van der Waals surface area contributed by atoms with Gasteiger partial charge in [-0.3, -0.25) is 19.9 Å². The molecule has 1 aliphatic carbocycles. The van der Waals surface area contributed by atoms with Crippen molar-refractivity contribution in [3.8, 4) is 0 Å². The van der Waals surface area contributed by atoms with E-state index in [1.165, 1.54) is 6.42 Å². The molecular formula is C18H24N4O3. The Kier molecular flexibility index (Phi) is 5.63. The van der Waals surface area contributed by atoms with Gasteiger partial charge in [0.2, 0.25) is 5.91 Å². The van der Waals surface area contributed by atoms with E-state index in [4.69, 9.17) is 0 Å². The zero-order chi connectivity index (χ0) is 17.6. The van der Waals surface area contributed by atoms with Gasteiger partial charge in [0.25, 0.3) is 5.91 Å². The van der Waals surface area contributed by atoms with Crippen LogP contribution in [0.1, 0.15) is 50.5 Å². The first-order valence-electron chi connectivity index (χ1n) is 8.93. The van der Waals surface area contributed by atoms with Crippen molar-refractivity contribution in [3.63, 3.8) is 0 Å². The lowest BCUT2D eigenvalue weighted by Gasteiger charge is -2.34. The van der Waals surface area contributed by atoms with E-state index in [1.807, 2.05) is 17.0 Å². The second kappa shape index (κ2) is 8.09. The van der Waals surface area contributed by atoms with E-state index in [1.54, 1.807) is 12.4 Å². The van der Waals surface area contributed by atoms with Crippen LogP contribution in [-0.4, -0.2) is 39.8 Å². The summed E-state index contributed by atoms with van der Waals surface area (Å²) in [6.07, 6.45) is 9.62. The Morgan fingerprint density at radius 3 is 2.68 bits per heavy atom. The normalized spacial score (nSPS) is 20.9. The number of nitrogens with one attached hydrogen (secondary N) is 2. The molecule has 0 bridgehead atoms. The maximum absolute atomic E-state index is 12.9. The molecule has 1 aliphatic heterocycles. The third-order valence-electron chi connectivity index (χ3n) is 4.92. The van der Waals surface area contributed by atoms with E-state index in [0.717, 1.165) is 31.2 Å². The fourth-order valence-corrected chi connectivity index (χ4v) is 3.58. The summed E-state index contributed by atoms with van der Waals surface area (Å²) in [6.45, 7) is 0.542. The molecule has 2 N–H and O–H groups in total. The minimum Gasteiger partial charge on any atom is -0.335 e. The Balaban J connectivity index is 1.64. The molecule has 0 spiro atoms. The van der Waals surface area contributed by atoms with Crippen molar-refractivity contribution in [2.24, 2.45) is 0 Å². The zero-order valence-corrected chi connectivity index (χ0v) is 14.2. The van der Waals surface area contributed by atoms with E-state index in [-0.39, 0.29) is 24.3 Å². The lowest BCUT2D eigenvalue weighted by Crippen LogP contribution is -2.41. The molecule has 1 saturated heterocycles. The highest BCUT2D eigenvalue weighted by atomic mass is 16.2. The average molecular weight is 344 g/mol. The summed E-state index contributed by atoms with van der Waals surface area (Å²) in [5.74, 6) is -0.320. The Morgan fingerprint density at radius 1 is 1.24 bits per heavy atom. The van der Waals surface area contributed by atoms with Gasteiger partial charge in [0.15, 0.2) is 0 Å². The molecule has 134 valence electrons. The summed E-state index contributed by atoms with van der Waals surface area (Å²) in [4.78, 5) is 41.7. The fraction of sp³-hybridized carbons (Fsp3) is 0.556. The van der Waals surface area contributed by atoms with Crippen LogP contribution in [0, 0.1) is 0 Å². The highest BCUT2D eigenvalue weighted by Gasteiger charge is 2.31. The van der Waals surface area contributed by atoms with Crippen LogP contribution in [0.3, 0.4) is 0 Å². The highest BCUT2D eigenvalue weighted by molar-refractivity contribution is 6.04. The molecule has 2 fully saturated rings. The number of urea groups is 1. The van der Waals surface area contributed by atoms with Crippen LogP contribution in [0.25, 0.3) is 0 Å². The zero-order valence-electron chi connectivity index (χ0n) is 14.2. The van der Waals surface area contributed by atoms with E-state index in [2.05, 4.69) is 15.6 Å². The Morgan fingerprint density at radius 2 is 2.04 bits per heavy atom. The molecular weight excluding hydrogens is 320 g/mol. The second-order valence-electron chi connectivity index (χ2n) is 6.73. The van der Waals surface area contributed by atoms with Crippen molar-refractivity contribution in [1.82, 2.24) is 20.5 Å². The molecule has 7 nitrogen and oxygen atoms in total. The van der Waals surface area contributed by atoms with Gasteiger partial charge in [0, 0.05) is 31.4 Å². The van der Waals surface area contributed by atoms with Gasteiger partial charge < -0.3 is 10.2 Å². The van der Waals surface area contributed by atoms with Crippen LogP contribution in [0.5, 0.6) is 0 Å². The first-order valence-corrected chi connectivity index (χ1v) is 8.93. The smallest absolute Gasteiger partial charge is 0.322 e. The first kappa shape index (κ1) is 17.4. The molecule has 1 unspecified atom stereocenters. The molecule has 1 aromatic rings. The van der Waals surface area contributed by atoms with Crippen LogP contribution >= 0.6 is 0 Å². The number of carbonyl (C=O) groups excluding carboxylic acids is 3. The van der Waals surface area contributed by atoms with Crippen molar-refractivity contribution in [1.29, 1.82) is 0 Å². The molecule has 3 rings (SSSR count). The number of hydrogen-bond donors (Lipinski definition) is 2. The summed E-state index contributed by atoms with van der Waals surface area (Å²) >= 11 is 0. The van der Waals surface area contributed by atoms with Gasteiger partial charge in [-0.2, -0.15) is 0 Å². The number of carbonyl (C=O) groups is 3. The Hall–Kier alpha value is -2.44. The predicted octanol–water partition coefficient (Wildman–Crippen LogP) is 1.73. The van der Waals surface area contributed by atoms with Crippen LogP contribution < -0.4 is 10.6 Å². The number of rotatable bonds is 6. The van der Waals surface area contributed by atoms with E-state index >= 15 is 0 Å². The third kappa shape index (κ3) is 4.55. The van der Waals surface area contributed by atoms with E-state index < -0.39 is 12.1 Å². The van der Waals surface area contributed by atoms with Crippen LogP contribution in [-0.2, 0) is 16.1 Å². The Labute approximate surface area is 147 Å². The van der Waals surface area contributed by atoms with Gasteiger partial charge >= 0.3 is 6.03 Å². The maximum atomic E-state index is 12.9. The summed E-state index contributed by atoms with van der Waals surface area (Å²) in [6, 6.07) is 3.00. The van der Waals surface area contributed by atoms with Gasteiger partial charge in [-0.1, -0.05) is 25.3 Å². The molecule has 7 heteroatoms. The topological polar surface area (TPSA) is 91.4 Å². The summed E-state index contributed by atoms with van der Waals surface area (Å²) in [5, 5.41) is 4.75. The summed E-state index contributed by atoms with van der Waals surface area (Å²) in [5.41, 5.74) is 1.01. The maximum Gasteiger partial charge on any atom is 0.322 e. The third-order valence-corrected chi connectivity index (χ3v) is 4.92. The largest absolute Gasteiger partial charge is 0.335 e. The van der Waals surface area contributed by atoms with Crippen LogP contribution in [0.4, 0.5) is 4.79 Å². The molecule has 0 aromatic carbocycles. The number of amides is 4. The number of hydrogen-bond acceptors (Lipinski definition) is 4. The van der Waals surface area contributed by atoms with Crippen LogP contribution in [0.15, 0.2) is 24.5 Å². The quantitative estimate of drug-likeness (QED) is 0.769.